The van der Waals surface area contributed by atoms with Crippen LogP contribution in [0.4, 0.5) is 10.5 Å². The van der Waals surface area contributed by atoms with Gasteiger partial charge in [0, 0.05) is 24.7 Å². The molecule has 0 aromatic heterocycles. The van der Waals surface area contributed by atoms with Gasteiger partial charge in [0.1, 0.15) is 18.8 Å². The van der Waals surface area contributed by atoms with Gasteiger partial charge in [0.2, 0.25) is 5.91 Å². The number of nitrogens with two attached hydrogens (primary N) is 1. The normalized spacial score (nSPS) is 20.5. The van der Waals surface area contributed by atoms with Gasteiger partial charge in [0.25, 0.3) is 0 Å². The second-order valence-electron chi connectivity index (χ2n) is 9.46. The fourth-order valence-electron chi connectivity index (χ4n) is 5.85. The van der Waals surface area contributed by atoms with Crippen LogP contribution in [0.2, 0.25) is 0 Å². The maximum Gasteiger partial charge on any atom is 0.414 e. The van der Waals surface area contributed by atoms with Crippen molar-refractivity contribution < 1.29 is 19.4 Å². The van der Waals surface area contributed by atoms with Gasteiger partial charge in [0.15, 0.2) is 0 Å². The highest BCUT2D eigenvalue weighted by Gasteiger charge is 2.37. The second kappa shape index (κ2) is 8.52. The molecule has 0 spiro atoms. The highest BCUT2D eigenvalue weighted by atomic mass is 16.6. The minimum atomic E-state index is -0.717. The van der Waals surface area contributed by atoms with Crippen LogP contribution in [0.3, 0.4) is 0 Å². The van der Waals surface area contributed by atoms with Crippen molar-refractivity contribution in [2.24, 2.45) is 5.73 Å². The van der Waals surface area contributed by atoms with Crippen LogP contribution in [-0.4, -0.2) is 41.1 Å². The maximum atomic E-state index is 12.6. The molecule has 3 N–H and O–H groups in total. The highest BCUT2D eigenvalue weighted by Crippen LogP contribution is 2.44. The Morgan fingerprint density at radius 3 is 2.49 bits per heavy atom. The first-order valence-corrected chi connectivity index (χ1v) is 12.0. The summed E-state index contributed by atoms with van der Waals surface area (Å²) in [6.07, 6.45) is 0.365. The molecule has 2 atom stereocenters. The van der Waals surface area contributed by atoms with E-state index in [-0.39, 0.29) is 12.1 Å². The Balaban J connectivity index is 1.23. The number of fused-ring (bicyclic) bond motifs is 4. The van der Waals surface area contributed by atoms with Gasteiger partial charge in [-0.05, 0) is 46.7 Å². The SMILES string of the molecule is NC(=O)C(c1ccc2c(c1)C(O)c1ccccc1-2)N1CCC(N2C(=O)OCc3ccccc32)CC1. The zero-order valence-electron chi connectivity index (χ0n) is 19.3. The van der Waals surface area contributed by atoms with Crippen molar-refractivity contribution in [1.29, 1.82) is 0 Å². The number of piperidine rings is 1. The van der Waals surface area contributed by atoms with Crippen LogP contribution in [0.25, 0.3) is 11.1 Å². The number of aliphatic hydroxyl groups is 1. The molecule has 7 heteroatoms. The quantitative estimate of drug-likeness (QED) is 0.604. The minimum Gasteiger partial charge on any atom is -0.444 e. The molecule has 0 bridgehead atoms. The highest BCUT2D eigenvalue weighted by molar-refractivity contribution is 5.91. The number of nitrogens with zero attached hydrogens (tertiary/aromatic N) is 2. The van der Waals surface area contributed by atoms with Gasteiger partial charge in [-0.1, -0.05) is 60.7 Å². The number of anilines is 1. The lowest BCUT2D eigenvalue weighted by Gasteiger charge is -2.42. The van der Waals surface area contributed by atoms with E-state index in [4.69, 9.17) is 10.5 Å². The summed E-state index contributed by atoms with van der Waals surface area (Å²) in [6.45, 7) is 1.52. The molecule has 1 fully saturated rings. The lowest BCUT2D eigenvalue weighted by Crippen LogP contribution is -2.51. The molecule has 2 amide bonds. The molecule has 2 unspecified atom stereocenters. The predicted molar refractivity (Wildman–Crippen MR) is 132 cm³/mol. The lowest BCUT2D eigenvalue weighted by molar-refractivity contribution is -0.124. The van der Waals surface area contributed by atoms with Gasteiger partial charge < -0.3 is 15.6 Å². The largest absolute Gasteiger partial charge is 0.444 e. The van der Waals surface area contributed by atoms with E-state index in [1.165, 1.54) is 0 Å². The summed E-state index contributed by atoms with van der Waals surface area (Å²) >= 11 is 0. The van der Waals surface area contributed by atoms with E-state index >= 15 is 0 Å². The Kier molecular flexibility index (Phi) is 5.31. The Labute approximate surface area is 203 Å². The van der Waals surface area contributed by atoms with E-state index in [0.717, 1.165) is 39.1 Å². The number of aliphatic hydroxyl groups excluding tert-OH is 1. The standard InChI is InChI=1S/C28H27N3O4/c29-27(33)25(17-9-10-21-20-6-2-3-7-22(20)26(32)23(21)15-17)30-13-11-19(12-14-30)31-24-8-4-1-5-18(24)16-35-28(31)34/h1-10,15,19,25-26,32H,11-14,16H2,(H2,29,33). The third kappa shape index (κ3) is 3.59. The number of ether oxygens (including phenoxy) is 1. The van der Waals surface area contributed by atoms with E-state index in [1.54, 1.807) is 4.90 Å². The van der Waals surface area contributed by atoms with Crippen LogP contribution >= 0.6 is 0 Å². The van der Waals surface area contributed by atoms with Gasteiger partial charge in [0.05, 0.1) is 5.69 Å². The number of hydrogen-bond acceptors (Lipinski definition) is 5. The van der Waals surface area contributed by atoms with E-state index in [2.05, 4.69) is 4.90 Å². The maximum absolute atomic E-state index is 12.6. The first kappa shape index (κ1) is 21.8. The minimum absolute atomic E-state index is 0.00920. The summed E-state index contributed by atoms with van der Waals surface area (Å²) < 4.78 is 5.41. The monoisotopic (exact) mass is 469 g/mol. The first-order chi connectivity index (χ1) is 17.0. The number of cyclic esters (lactones) is 1. The number of rotatable bonds is 4. The molecule has 1 saturated heterocycles. The number of carbonyl (C=O) groups is 2. The number of benzene rings is 3. The van der Waals surface area contributed by atoms with Crippen molar-refractivity contribution in [2.45, 2.75) is 37.6 Å². The molecular formula is C28H27N3O4. The molecular weight excluding hydrogens is 442 g/mol. The van der Waals surface area contributed by atoms with Crippen LogP contribution in [0.5, 0.6) is 0 Å². The molecule has 3 aliphatic rings. The molecule has 6 rings (SSSR count). The average Bonchev–Trinajstić information content (AvgIpc) is 3.16. The van der Waals surface area contributed by atoms with Gasteiger partial charge in [-0.2, -0.15) is 0 Å². The Hall–Kier alpha value is -3.68. The van der Waals surface area contributed by atoms with Crippen LogP contribution < -0.4 is 10.6 Å². The molecule has 3 aromatic carbocycles. The summed E-state index contributed by atoms with van der Waals surface area (Å²) in [5.41, 5.74) is 12.3. The van der Waals surface area contributed by atoms with Crippen LogP contribution in [0.15, 0.2) is 66.7 Å². The van der Waals surface area contributed by atoms with Crippen LogP contribution in [-0.2, 0) is 16.1 Å². The summed E-state index contributed by atoms with van der Waals surface area (Å²) in [4.78, 5) is 29.1. The van der Waals surface area contributed by atoms with Gasteiger partial charge in [-0.3, -0.25) is 14.6 Å². The number of para-hydroxylation sites is 1. The number of hydrogen-bond donors (Lipinski definition) is 2. The predicted octanol–water partition coefficient (Wildman–Crippen LogP) is 3.90. The third-order valence-corrected chi connectivity index (χ3v) is 7.53. The molecule has 0 radical (unpaired) electrons. The fourth-order valence-corrected chi connectivity index (χ4v) is 5.85. The van der Waals surface area contributed by atoms with Crippen molar-refractivity contribution in [2.75, 3.05) is 18.0 Å². The van der Waals surface area contributed by atoms with Crippen LogP contribution in [0.1, 0.15) is 47.2 Å². The first-order valence-electron chi connectivity index (χ1n) is 12.0. The van der Waals surface area contributed by atoms with Crippen molar-refractivity contribution in [3.8, 4) is 11.1 Å². The van der Waals surface area contributed by atoms with Gasteiger partial charge in [-0.25, -0.2) is 4.79 Å². The zero-order valence-corrected chi connectivity index (χ0v) is 19.3. The molecule has 0 saturated carbocycles. The summed E-state index contributed by atoms with van der Waals surface area (Å²) in [7, 11) is 0. The number of carbonyl (C=O) groups excluding carboxylic acids is 2. The molecule has 2 heterocycles. The number of likely N-dealkylation sites (tertiary alicyclic amines) is 1. The van der Waals surface area contributed by atoms with E-state index < -0.39 is 18.1 Å². The van der Waals surface area contributed by atoms with Gasteiger partial charge in [-0.15, -0.1) is 0 Å². The topological polar surface area (TPSA) is 96.1 Å². The van der Waals surface area contributed by atoms with Gasteiger partial charge >= 0.3 is 6.09 Å². The lowest BCUT2D eigenvalue weighted by atomic mass is 9.94. The van der Waals surface area contributed by atoms with E-state index in [1.807, 2.05) is 66.7 Å². The average molecular weight is 470 g/mol. The second-order valence-corrected chi connectivity index (χ2v) is 9.46. The Morgan fingerprint density at radius 2 is 1.69 bits per heavy atom. The van der Waals surface area contributed by atoms with E-state index in [0.29, 0.717) is 32.5 Å². The number of amides is 2. The van der Waals surface area contributed by atoms with Crippen LogP contribution in [0, 0.1) is 0 Å². The molecule has 1 aliphatic carbocycles. The Bertz CT molecular complexity index is 1320. The fraction of sp³-hybridized carbons (Fsp3) is 0.286. The van der Waals surface area contributed by atoms with E-state index in [9.17, 15) is 14.7 Å². The third-order valence-electron chi connectivity index (χ3n) is 7.53. The van der Waals surface area contributed by atoms with Crippen molar-refractivity contribution in [3.05, 3.63) is 89.0 Å². The summed E-state index contributed by atoms with van der Waals surface area (Å²) in [5.74, 6) is -0.420. The molecule has 35 heavy (non-hydrogen) atoms. The molecule has 7 nitrogen and oxygen atoms in total. The smallest absolute Gasteiger partial charge is 0.414 e. The van der Waals surface area contributed by atoms with Crippen molar-refractivity contribution in [3.63, 3.8) is 0 Å². The Morgan fingerprint density at radius 1 is 0.971 bits per heavy atom. The zero-order chi connectivity index (χ0) is 24.1. The number of primary amides is 1. The summed E-state index contributed by atoms with van der Waals surface area (Å²) in [5, 5.41) is 10.9. The molecule has 3 aromatic rings. The molecule has 178 valence electrons. The van der Waals surface area contributed by atoms with Crippen molar-refractivity contribution in [1.82, 2.24) is 4.90 Å². The summed E-state index contributed by atoms with van der Waals surface area (Å²) in [6, 6.07) is 20.9. The van der Waals surface area contributed by atoms with Crippen molar-refractivity contribution >= 4 is 17.7 Å². The molecule has 2 aliphatic heterocycles.